The molecule has 2 saturated carbocycles. The van der Waals surface area contributed by atoms with Gasteiger partial charge in [0.25, 0.3) is 0 Å². The van der Waals surface area contributed by atoms with Crippen LogP contribution in [0.25, 0.3) is 0 Å². The van der Waals surface area contributed by atoms with Gasteiger partial charge in [0.1, 0.15) is 5.76 Å². The highest BCUT2D eigenvalue weighted by Gasteiger charge is 2.41. The van der Waals surface area contributed by atoms with E-state index in [1.54, 1.807) is 0 Å². The molecule has 1 atom stereocenters. The molecule has 0 spiro atoms. The smallest absolute Gasteiger partial charge is 0.225 e. The summed E-state index contributed by atoms with van der Waals surface area (Å²) in [5.41, 5.74) is 5.25. The fraction of sp³-hybridized carbons (Fsp3) is 0.630. The molecule has 4 rings (SSSR count). The number of nitrogens with one attached hydrogen (secondary N) is 1. The zero-order chi connectivity index (χ0) is 22.8. The summed E-state index contributed by atoms with van der Waals surface area (Å²) in [6.45, 7) is 8.67. The van der Waals surface area contributed by atoms with Gasteiger partial charge in [-0.1, -0.05) is 36.7 Å². The third-order valence-electron chi connectivity index (χ3n) is 7.13. The van der Waals surface area contributed by atoms with Crippen molar-refractivity contribution in [2.75, 3.05) is 11.9 Å². The quantitative estimate of drug-likeness (QED) is 0.463. The van der Waals surface area contributed by atoms with E-state index < -0.39 is 0 Å². The fourth-order valence-electron chi connectivity index (χ4n) is 5.37. The third-order valence-corrected chi connectivity index (χ3v) is 7.13. The van der Waals surface area contributed by atoms with E-state index in [0.717, 1.165) is 34.5 Å². The predicted molar refractivity (Wildman–Crippen MR) is 127 cm³/mol. The minimum atomic E-state index is -0.120. The van der Waals surface area contributed by atoms with Crippen molar-refractivity contribution in [1.29, 1.82) is 0 Å². The van der Waals surface area contributed by atoms with Crippen molar-refractivity contribution in [3.05, 3.63) is 46.3 Å². The van der Waals surface area contributed by atoms with Crippen LogP contribution < -0.4 is 5.32 Å². The van der Waals surface area contributed by atoms with Gasteiger partial charge in [-0.15, -0.1) is 0 Å². The van der Waals surface area contributed by atoms with E-state index in [1.807, 2.05) is 26.0 Å². The lowest BCUT2D eigenvalue weighted by atomic mass is 9.69. The maximum Gasteiger partial charge on any atom is 0.225 e. The van der Waals surface area contributed by atoms with E-state index >= 15 is 0 Å². The molecule has 2 aliphatic carbocycles. The van der Waals surface area contributed by atoms with Crippen molar-refractivity contribution >= 4 is 11.6 Å². The van der Waals surface area contributed by atoms with Crippen LogP contribution in [0.15, 0.2) is 22.7 Å². The molecule has 2 aliphatic rings. The Morgan fingerprint density at radius 3 is 2.59 bits per heavy atom. The Labute approximate surface area is 192 Å². The number of rotatable bonds is 10. The summed E-state index contributed by atoms with van der Waals surface area (Å²) >= 11 is 0. The van der Waals surface area contributed by atoms with Gasteiger partial charge in [0, 0.05) is 36.1 Å². The van der Waals surface area contributed by atoms with Gasteiger partial charge < -0.3 is 14.9 Å². The zero-order valence-corrected chi connectivity index (χ0v) is 20.0. The van der Waals surface area contributed by atoms with Gasteiger partial charge in [-0.3, -0.25) is 4.79 Å². The molecule has 32 heavy (non-hydrogen) atoms. The van der Waals surface area contributed by atoms with Gasteiger partial charge in [0.2, 0.25) is 5.91 Å². The molecule has 0 radical (unpaired) electrons. The first-order valence-electron chi connectivity index (χ1n) is 12.3. The number of anilines is 1. The predicted octanol–water partition coefficient (Wildman–Crippen LogP) is 6.20. The van der Waals surface area contributed by atoms with Gasteiger partial charge >= 0.3 is 0 Å². The molecule has 0 bridgehead atoms. The number of aryl methyl sites for hydroxylation is 2. The second kappa shape index (κ2) is 9.78. The number of nitrogens with zero attached hydrogens (tertiary/aromatic N) is 1. The van der Waals surface area contributed by atoms with Crippen molar-refractivity contribution in [2.24, 2.45) is 11.8 Å². The number of carbonyl (C=O) groups excluding carboxylic acids is 1. The zero-order valence-electron chi connectivity index (χ0n) is 20.0. The first kappa shape index (κ1) is 23.0. The van der Waals surface area contributed by atoms with Crippen molar-refractivity contribution in [3.8, 4) is 0 Å². The normalized spacial score (nSPS) is 21.4. The average molecular weight is 439 g/mol. The van der Waals surface area contributed by atoms with Crippen LogP contribution in [0.3, 0.4) is 0 Å². The number of hydrogen-bond donors (Lipinski definition) is 2. The third kappa shape index (κ3) is 5.25. The van der Waals surface area contributed by atoms with Crippen LogP contribution in [0, 0.1) is 25.7 Å². The second-order valence-corrected chi connectivity index (χ2v) is 10.6. The average Bonchev–Trinajstić information content (AvgIpc) is 3.45. The second-order valence-electron chi connectivity index (χ2n) is 10.6. The van der Waals surface area contributed by atoms with Crippen molar-refractivity contribution in [2.45, 2.75) is 90.4 Å². The lowest BCUT2D eigenvalue weighted by molar-refractivity contribution is -0.116. The number of benzene rings is 1. The molecule has 5 nitrogen and oxygen atoms in total. The van der Waals surface area contributed by atoms with E-state index in [0.29, 0.717) is 24.7 Å². The largest absolute Gasteiger partial charge is 0.396 e. The Morgan fingerprint density at radius 2 is 1.97 bits per heavy atom. The standard InChI is InChI=1S/C27H38N2O3/c1-16(2)11-19-13-22(14-19)27-25(20-6-7-20)26(29-32-27)21(9-10-30)15-24(31)28-23-8-5-17(3)12-18(23)4/h5,8,12,16,19-22,30H,6-7,9-11,13-15H2,1-4H3,(H,28,31)/t19?,21-,22?/m1/s1. The van der Waals surface area contributed by atoms with Gasteiger partial charge in [-0.25, -0.2) is 0 Å². The van der Waals surface area contributed by atoms with Gasteiger partial charge in [0.15, 0.2) is 0 Å². The summed E-state index contributed by atoms with van der Waals surface area (Å²) in [6, 6.07) is 6.03. The SMILES string of the molecule is Cc1ccc(NC(=O)C[C@@H](CCO)c2noc(C3CC(CC(C)C)C3)c2C2CC2)c(C)c1. The van der Waals surface area contributed by atoms with Gasteiger partial charge in [-0.2, -0.15) is 0 Å². The van der Waals surface area contributed by atoms with E-state index in [1.165, 1.54) is 43.2 Å². The van der Waals surface area contributed by atoms with Crippen LogP contribution >= 0.6 is 0 Å². The highest BCUT2D eigenvalue weighted by molar-refractivity contribution is 5.92. The van der Waals surface area contributed by atoms with Crippen LogP contribution in [-0.4, -0.2) is 22.8 Å². The van der Waals surface area contributed by atoms with Crippen molar-refractivity contribution < 1.29 is 14.4 Å². The Morgan fingerprint density at radius 1 is 1.22 bits per heavy atom. The number of amides is 1. The molecule has 174 valence electrons. The summed E-state index contributed by atoms with van der Waals surface area (Å²) < 4.78 is 5.95. The summed E-state index contributed by atoms with van der Waals surface area (Å²) in [5, 5.41) is 17.3. The molecule has 2 fully saturated rings. The van der Waals surface area contributed by atoms with E-state index in [-0.39, 0.29) is 18.4 Å². The molecular weight excluding hydrogens is 400 g/mol. The van der Waals surface area contributed by atoms with E-state index in [4.69, 9.17) is 4.52 Å². The minimum Gasteiger partial charge on any atom is -0.396 e. The molecule has 0 aliphatic heterocycles. The topological polar surface area (TPSA) is 75.4 Å². The van der Waals surface area contributed by atoms with Gasteiger partial charge in [-0.05, 0) is 81.8 Å². The van der Waals surface area contributed by atoms with Crippen LogP contribution in [0.2, 0.25) is 0 Å². The highest BCUT2D eigenvalue weighted by atomic mass is 16.5. The summed E-state index contributed by atoms with van der Waals surface area (Å²) in [5.74, 6) is 3.41. The summed E-state index contributed by atoms with van der Waals surface area (Å²) in [4.78, 5) is 12.9. The number of aromatic nitrogens is 1. The van der Waals surface area contributed by atoms with Crippen LogP contribution in [0.4, 0.5) is 5.69 Å². The maximum atomic E-state index is 12.9. The lowest BCUT2D eigenvalue weighted by Gasteiger charge is -2.35. The Balaban J connectivity index is 1.48. The van der Waals surface area contributed by atoms with Crippen LogP contribution in [0.5, 0.6) is 0 Å². The number of aliphatic hydroxyl groups excluding tert-OH is 1. The minimum absolute atomic E-state index is 0.0354. The first-order chi connectivity index (χ1) is 15.4. The molecule has 2 N–H and O–H groups in total. The number of carbonyl (C=O) groups is 1. The molecule has 5 heteroatoms. The van der Waals surface area contributed by atoms with Crippen molar-refractivity contribution in [1.82, 2.24) is 5.16 Å². The number of aliphatic hydroxyl groups is 1. The van der Waals surface area contributed by atoms with E-state index in [2.05, 4.69) is 30.4 Å². The van der Waals surface area contributed by atoms with E-state index in [9.17, 15) is 9.90 Å². The fourth-order valence-corrected chi connectivity index (χ4v) is 5.37. The molecule has 0 saturated heterocycles. The molecular formula is C27H38N2O3. The molecule has 1 heterocycles. The monoisotopic (exact) mass is 438 g/mol. The Bertz CT molecular complexity index is 938. The molecule has 0 unspecified atom stereocenters. The highest BCUT2D eigenvalue weighted by Crippen LogP contribution is 2.52. The van der Waals surface area contributed by atoms with Gasteiger partial charge in [0.05, 0.1) is 5.69 Å². The molecule has 1 aromatic heterocycles. The van der Waals surface area contributed by atoms with Crippen LogP contribution in [-0.2, 0) is 4.79 Å². The Hall–Kier alpha value is -2.14. The Kier molecular flexibility index (Phi) is 7.04. The molecule has 2 aromatic rings. The van der Waals surface area contributed by atoms with Crippen molar-refractivity contribution in [3.63, 3.8) is 0 Å². The molecule has 1 amide bonds. The lowest BCUT2D eigenvalue weighted by Crippen LogP contribution is -2.24. The maximum absolute atomic E-state index is 12.9. The summed E-state index contributed by atoms with van der Waals surface area (Å²) in [6.07, 6.45) is 6.82. The number of hydrogen-bond acceptors (Lipinski definition) is 4. The summed E-state index contributed by atoms with van der Waals surface area (Å²) in [7, 11) is 0. The van der Waals surface area contributed by atoms with Crippen LogP contribution in [0.1, 0.15) is 105 Å². The first-order valence-corrected chi connectivity index (χ1v) is 12.3. The molecule has 1 aromatic carbocycles.